The highest BCUT2D eigenvalue weighted by molar-refractivity contribution is 7.98. The van der Waals surface area contributed by atoms with Crippen molar-refractivity contribution in [1.82, 2.24) is 14.5 Å². The number of benzene rings is 1. The van der Waals surface area contributed by atoms with Gasteiger partial charge in [-0.2, -0.15) is 0 Å². The number of hydrogen-bond donors (Lipinski definition) is 1. The van der Waals surface area contributed by atoms with Crippen LogP contribution in [-0.4, -0.2) is 39.8 Å². The fourth-order valence-electron chi connectivity index (χ4n) is 3.38. The third kappa shape index (κ3) is 4.04. The van der Waals surface area contributed by atoms with E-state index in [1.165, 1.54) is 19.3 Å². The average molecular weight is 394 g/mol. The first kappa shape index (κ1) is 18.6. The van der Waals surface area contributed by atoms with Crippen molar-refractivity contribution in [3.8, 4) is 5.69 Å². The Labute approximate surface area is 169 Å². The first-order chi connectivity index (χ1) is 13.7. The molecule has 1 aromatic carbocycles. The van der Waals surface area contributed by atoms with Crippen LogP contribution in [0.25, 0.3) is 5.69 Å². The topological polar surface area (TPSA) is 63.1 Å². The van der Waals surface area contributed by atoms with Crippen LogP contribution in [0, 0.1) is 0 Å². The molecule has 4 rings (SSSR count). The summed E-state index contributed by atoms with van der Waals surface area (Å²) in [5.74, 6) is 0.835. The number of piperidine rings is 1. The summed E-state index contributed by atoms with van der Waals surface area (Å²) in [6.07, 6.45) is 11.1. The van der Waals surface area contributed by atoms with E-state index in [0.29, 0.717) is 11.3 Å². The summed E-state index contributed by atoms with van der Waals surface area (Å²) in [6.45, 7) is 2.11. The van der Waals surface area contributed by atoms with Crippen LogP contribution in [0.4, 0.5) is 11.5 Å². The molecule has 2 aromatic heterocycles. The van der Waals surface area contributed by atoms with Crippen molar-refractivity contribution in [3.63, 3.8) is 0 Å². The van der Waals surface area contributed by atoms with E-state index in [4.69, 9.17) is 0 Å². The summed E-state index contributed by atoms with van der Waals surface area (Å²) in [5, 5.41) is 3.84. The van der Waals surface area contributed by atoms with Gasteiger partial charge in [-0.25, -0.2) is 9.97 Å². The maximum atomic E-state index is 12.5. The molecule has 0 radical (unpaired) electrons. The summed E-state index contributed by atoms with van der Waals surface area (Å²) >= 11 is 1.58. The number of hydrogen-bond acceptors (Lipinski definition) is 5. The molecule has 1 amide bonds. The number of aromatic nitrogens is 3. The molecule has 1 aliphatic rings. The van der Waals surface area contributed by atoms with Gasteiger partial charge in [-0.3, -0.25) is 9.36 Å². The van der Waals surface area contributed by atoms with Gasteiger partial charge in [0.25, 0.3) is 5.91 Å². The number of amides is 1. The van der Waals surface area contributed by atoms with Gasteiger partial charge in [0.2, 0.25) is 0 Å². The van der Waals surface area contributed by atoms with Gasteiger partial charge in [-0.15, -0.1) is 0 Å². The van der Waals surface area contributed by atoms with E-state index in [1.54, 1.807) is 24.2 Å². The molecule has 144 valence electrons. The highest BCUT2D eigenvalue weighted by Gasteiger charge is 2.13. The lowest BCUT2D eigenvalue weighted by molar-refractivity contribution is 0.102. The van der Waals surface area contributed by atoms with Gasteiger partial charge in [0.1, 0.15) is 5.82 Å². The molecule has 1 fully saturated rings. The summed E-state index contributed by atoms with van der Waals surface area (Å²) in [4.78, 5) is 23.7. The van der Waals surface area contributed by atoms with Crippen molar-refractivity contribution in [3.05, 3.63) is 60.6 Å². The second-order valence-corrected chi connectivity index (χ2v) is 7.51. The Balaban J connectivity index is 1.42. The number of carbonyl (C=O) groups is 1. The van der Waals surface area contributed by atoms with Crippen LogP contribution in [-0.2, 0) is 0 Å². The van der Waals surface area contributed by atoms with Crippen LogP contribution in [0.2, 0.25) is 0 Å². The molecule has 3 heterocycles. The molecule has 0 saturated carbocycles. The van der Waals surface area contributed by atoms with Gasteiger partial charge >= 0.3 is 0 Å². The molecule has 0 spiro atoms. The Morgan fingerprint density at radius 3 is 2.50 bits per heavy atom. The fourth-order valence-corrected chi connectivity index (χ4v) is 3.91. The molecular weight excluding hydrogens is 370 g/mol. The smallest absolute Gasteiger partial charge is 0.255 e. The highest BCUT2D eigenvalue weighted by Crippen LogP contribution is 2.21. The van der Waals surface area contributed by atoms with Gasteiger partial charge in [-0.1, -0.05) is 11.8 Å². The maximum absolute atomic E-state index is 12.5. The second kappa shape index (κ2) is 8.48. The van der Waals surface area contributed by atoms with Crippen LogP contribution in [0.5, 0.6) is 0 Å². The van der Waals surface area contributed by atoms with Crippen LogP contribution in [0.1, 0.15) is 29.6 Å². The van der Waals surface area contributed by atoms with Gasteiger partial charge in [0.05, 0.1) is 11.9 Å². The summed E-state index contributed by atoms with van der Waals surface area (Å²) in [5.41, 5.74) is 2.29. The monoisotopic (exact) mass is 393 g/mol. The minimum Gasteiger partial charge on any atom is -0.357 e. The van der Waals surface area contributed by atoms with E-state index in [9.17, 15) is 4.79 Å². The highest BCUT2D eigenvalue weighted by atomic mass is 32.2. The van der Waals surface area contributed by atoms with E-state index >= 15 is 0 Å². The molecular formula is C21H23N5OS. The minimum atomic E-state index is -0.144. The van der Waals surface area contributed by atoms with Gasteiger partial charge in [0, 0.05) is 36.7 Å². The molecule has 0 unspecified atom stereocenters. The Kier molecular flexibility index (Phi) is 5.62. The molecule has 1 N–H and O–H groups in total. The Bertz CT molecular complexity index is 930. The lowest BCUT2D eigenvalue weighted by atomic mass is 10.1. The standard InChI is InChI=1S/C21H23N5OS/c1-28-21-22-11-14-26(21)18-8-5-16(6-9-18)20(27)24-17-7-10-19(23-15-17)25-12-3-2-4-13-25/h5-11,14-15H,2-4,12-13H2,1H3,(H,24,27). The van der Waals surface area contributed by atoms with E-state index in [1.807, 2.05) is 53.4 Å². The molecule has 3 aromatic rings. The van der Waals surface area contributed by atoms with Crippen LogP contribution in [0.3, 0.4) is 0 Å². The number of anilines is 2. The van der Waals surface area contributed by atoms with Crippen molar-refractivity contribution in [2.45, 2.75) is 24.4 Å². The van der Waals surface area contributed by atoms with Crippen LogP contribution < -0.4 is 10.2 Å². The second-order valence-electron chi connectivity index (χ2n) is 6.74. The molecule has 1 saturated heterocycles. The Morgan fingerprint density at radius 2 is 1.82 bits per heavy atom. The van der Waals surface area contributed by atoms with Crippen molar-refractivity contribution < 1.29 is 4.79 Å². The first-order valence-electron chi connectivity index (χ1n) is 9.45. The minimum absolute atomic E-state index is 0.144. The third-order valence-corrected chi connectivity index (χ3v) is 5.55. The van der Waals surface area contributed by atoms with E-state index in [-0.39, 0.29) is 5.91 Å². The van der Waals surface area contributed by atoms with Crippen molar-refractivity contribution in [2.75, 3.05) is 29.6 Å². The van der Waals surface area contributed by atoms with Crippen molar-refractivity contribution in [1.29, 1.82) is 0 Å². The van der Waals surface area contributed by atoms with Crippen LogP contribution in [0.15, 0.2) is 60.1 Å². The van der Waals surface area contributed by atoms with E-state index in [0.717, 1.165) is 29.8 Å². The molecule has 0 bridgehead atoms. The number of nitrogens with zero attached hydrogens (tertiary/aromatic N) is 4. The quantitative estimate of drug-likeness (QED) is 0.657. The van der Waals surface area contributed by atoms with Gasteiger partial charge in [0.15, 0.2) is 5.16 Å². The number of thioether (sulfide) groups is 1. The number of pyridine rings is 1. The van der Waals surface area contributed by atoms with Crippen molar-refractivity contribution >= 4 is 29.2 Å². The predicted octanol–water partition coefficient (Wildman–Crippen LogP) is 4.23. The Hall–Kier alpha value is -2.80. The number of imidazole rings is 1. The molecule has 0 atom stereocenters. The SMILES string of the molecule is CSc1nccn1-c1ccc(C(=O)Nc2ccc(N3CCCCC3)nc2)cc1. The number of rotatable bonds is 5. The van der Waals surface area contributed by atoms with Gasteiger partial charge in [-0.05, 0) is 61.9 Å². The molecule has 28 heavy (non-hydrogen) atoms. The maximum Gasteiger partial charge on any atom is 0.255 e. The lowest BCUT2D eigenvalue weighted by Crippen LogP contribution is -2.30. The summed E-state index contributed by atoms with van der Waals surface area (Å²) < 4.78 is 2.00. The molecule has 1 aliphatic heterocycles. The van der Waals surface area contributed by atoms with Crippen molar-refractivity contribution in [2.24, 2.45) is 0 Å². The molecule has 7 heteroatoms. The van der Waals surface area contributed by atoms with E-state index in [2.05, 4.69) is 20.2 Å². The Morgan fingerprint density at radius 1 is 1.04 bits per heavy atom. The summed E-state index contributed by atoms with van der Waals surface area (Å²) in [6, 6.07) is 11.4. The predicted molar refractivity (Wildman–Crippen MR) is 114 cm³/mol. The van der Waals surface area contributed by atoms with Gasteiger partial charge < -0.3 is 10.2 Å². The fraction of sp³-hybridized carbons (Fsp3) is 0.286. The zero-order valence-corrected chi connectivity index (χ0v) is 16.7. The first-order valence-corrected chi connectivity index (χ1v) is 10.7. The normalized spacial score (nSPS) is 14.1. The van der Waals surface area contributed by atoms with E-state index < -0.39 is 0 Å². The van der Waals surface area contributed by atoms with Crippen LogP contribution >= 0.6 is 11.8 Å². The molecule has 0 aliphatic carbocycles. The third-order valence-electron chi connectivity index (χ3n) is 4.88. The average Bonchev–Trinajstić information content (AvgIpc) is 3.24. The zero-order valence-electron chi connectivity index (χ0n) is 15.8. The largest absolute Gasteiger partial charge is 0.357 e. The lowest BCUT2D eigenvalue weighted by Gasteiger charge is -2.27. The molecule has 6 nitrogen and oxygen atoms in total. The number of nitrogens with one attached hydrogen (secondary N) is 1. The summed E-state index contributed by atoms with van der Waals surface area (Å²) in [7, 11) is 0. The zero-order chi connectivity index (χ0) is 19.3. The number of carbonyl (C=O) groups excluding carboxylic acids is 1.